The largest absolute Gasteiger partial charge is 0.471 e. The number of hydrogen-bond acceptors (Lipinski definition) is 7. The number of alkyl halides is 3. The number of amides is 2. The third kappa shape index (κ3) is 8.62. The van der Waals surface area contributed by atoms with Crippen LogP contribution in [-0.4, -0.2) is 21.8 Å². The number of halogens is 8. The number of benzene rings is 4. The molecule has 1 N–H and O–H groups in total. The number of carbonyl (C=O) groups is 2. The minimum absolute atomic E-state index is 0.0311. The van der Waals surface area contributed by atoms with Crippen LogP contribution in [0.1, 0.15) is 22.6 Å². The predicted molar refractivity (Wildman–Crippen MR) is 207 cm³/mol. The molecule has 0 radical (unpaired) electrons. The number of thiazole rings is 1. The van der Waals surface area contributed by atoms with Crippen molar-refractivity contribution in [3.63, 3.8) is 0 Å². The Morgan fingerprint density at radius 2 is 1.41 bits per heavy atom. The summed E-state index contributed by atoms with van der Waals surface area (Å²) in [4.78, 5) is 45.4. The van der Waals surface area contributed by atoms with Crippen molar-refractivity contribution in [3.05, 3.63) is 162 Å². The highest BCUT2D eigenvalue weighted by molar-refractivity contribution is 9.10. The predicted octanol–water partition coefficient (Wildman–Crippen LogP) is 11.7. The van der Waals surface area contributed by atoms with Crippen LogP contribution < -0.4 is 20.0 Å². The molecule has 0 spiro atoms. The molecule has 0 aliphatic carbocycles. The first-order valence-electron chi connectivity index (χ1n) is 15.4. The van der Waals surface area contributed by atoms with Gasteiger partial charge in [-0.1, -0.05) is 86.6 Å². The van der Waals surface area contributed by atoms with E-state index in [9.17, 15) is 13.2 Å². The van der Waals surface area contributed by atoms with Crippen molar-refractivity contribution in [2.75, 3.05) is 10.4 Å². The number of rotatable bonds is 11. The minimum Gasteiger partial charge on any atom is -0.471 e. The Bertz CT molecular complexity index is 2270. The van der Waals surface area contributed by atoms with Crippen molar-refractivity contribution in [2.24, 2.45) is 0 Å². The summed E-state index contributed by atoms with van der Waals surface area (Å²) in [5, 5.41) is 5.48. The summed E-state index contributed by atoms with van der Waals surface area (Å²) in [5.41, 5.74) is -3.71. The third-order valence-corrected chi connectivity index (χ3v) is 10.5. The van der Waals surface area contributed by atoms with Gasteiger partial charge in [0.15, 0.2) is 16.7 Å². The molecule has 2 atom stereocenters. The molecule has 2 aromatic heterocycles. The summed E-state index contributed by atoms with van der Waals surface area (Å²) in [6, 6.07) is 23.1. The van der Waals surface area contributed by atoms with Crippen LogP contribution in [0.5, 0.6) is 11.5 Å². The Morgan fingerprint density at radius 1 is 0.759 bits per heavy atom. The maximum absolute atomic E-state index is 15.5. The average molecular weight is 897 g/mol. The van der Waals surface area contributed by atoms with Gasteiger partial charge >= 0.3 is 6.18 Å². The van der Waals surface area contributed by atoms with Crippen molar-refractivity contribution in [2.45, 2.75) is 17.7 Å². The zero-order valence-electron chi connectivity index (χ0n) is 27.0. The molecule has 0 aliphatic heterocycles. The molecular weight excluding hydrogens is 875 g/mol. The Labute approximate surface area is 338 Å². The van der Waals surface area contributed by atoms with E-state index in [0.29, 0.717) is 4.47 Å². The lowest BCUT2D eigenvalue weighted by Crippen LogP contribution is -2.56. The molecule has 4 aromatic carbocycles. The fourth-order valence-corrected chi connectivity index (χ4v) is 6.71. The average Bonchev–Trinajstić information content (AvgIpc) is 3.67. The van der Waals surface area contributed by atoms with Crippen LogP contribution in [0.4, 0.5) is 24.1 Å². The van der Waals surface area contributed by atoms with Gasteiger partial charge < -0.3 is 9.57 Å². The van der Waals surface area contributed by atoms with Crippen LogP contribution in [0.25, 0.3) is 0 Å². The van der Waals surface area contributed by atoms with Crippen molar-refractivity contribution >= 4 is 96.4 Å². The summed E-state index contributed by atoms with van der Waals surface area (Å²) in [6.07, 6.45) is -1.89. The molecule has 0 aliphatic rings. The Morgan fingerprint density at radius 3 is 2.00 bits per heavy atom. The number of nitrogens with zero attached hydrogens (tertiary/aromatic N) is 3. The topological polar surface area (TPSA) is 93.7 Å². The molecule has 2 heterocycles. The van der Waals surface area contributed by atoms with Gasteiger partial charge in [0.1, 0.15) is 11.7 Å². The van der Waals surface area contributed by atoms with E-state index in [0.717, 1.165) is 40.7 Å². The van der Waals surface area contributed by atoms with Gasteiger partial charge in [0.25, 0.3) is 11.8 Å². The Hall–Kier alpha value is -4.37. The minimum atomic E-state index is -4.73. The van der Waals surface area contributed by atoms with Gasteiger partial charge in [-0.05, 0) is 78.4 Å². The molecule has 6 rings (SSSR count). The molecule has 6 aromatic rings. The zero-order valence-corrected chi connectivity index (χ0v) is 32.5. The lowest BCUT2D eigenvalue weighted by Gasteiger charge is -2.40. The number of aromatic nitrogens is 2. The van der Waals surface area contributed by atoms with Crippen LogP contribution in [0, 0.1) is 0 Å². The van der Waals surface area contributed by atoms with Gasteiger partial charge in [0, 0.05) is 33.9 Å². The normalized spacial score (nSPS) is 13.0. The first-order chi connectivity index (χ1) is 25.8. The lowest BCUT2D eigenvalue weighted by molar-refractivity contribution is -0.143. The van der Waals surface area contributed by atoms with Crippen molar-refractivity contribution in [1.29, 1.82) is 0 Å². The van der Waals surface area contributed by atoms with Gasteiger partial charge in [0.05, 0.1) is 25.7 Å². The molecule has 2 amide bonds. The molecular formula is C37H22BrCl4F3N4O4S. The number of carbonyl (C=O) groups excluding carboxylic acids is 2. The quantitative estimate of drug-likeness (QED) is 0.130. The molecule has 276 valence electrons. The van der Waals surface area contributed by atoms with Crippen molar-refractivity contribution in [3.8, 4) is 11.5 Å². The van der Waals surface area contributed by atoms with Crippen LogP contribution in [0.15, 0.2) is 125 Å². The monoisotopic (exact) mass is 894 g/mol. The first kappa shape index (κ1) is 39.3. The van der Waals surface area contributed by atoms with E-state index in [4.69, 9.17) is 56.0 Å². The number of hydrogen-bond donors (Lipinski definition) is 1. The smallest absolute Gasteiger partial charge is 0.416 e. The molecule has 17 heteroatoms. The van der Waals surface area contributed by atoms with E-state index in [1.807, 2.05) is 0 Å². The molecule has 0 saturated heterocycles. The van der Waals surface area contributed by atoms with E-state index >= 15 is 9.59 Å². The fourth-order valence-electron chi connectivity index (χ4n) is 5.33. The van der Waals surface area contributed by atoms with E-state index in [1.165, 1.54) is 54.9 Å². The van der Waals surface area contributed by atoms with Crippen LogP contribution >= 0.6 is 73.7 Å². The molecule has 2 unspecified atom stereocenters. The summed E-state index contributed by atoms with van der Waals surface area (Å²) in [6.45, 7) is 0. The Balaban J connectivity index is 1.68. The summed E-state index contributed by atoms with van der Waals surface area (Å²) in [7, 11) is 0. The van der Waals surface area contributed by atoms with Crippen LogP contribution in [0.3, 0.4) is 0 Å². The van der Waals surface area contributed by atoms with Crippen LogP contribution in [-0.2, 0) is 21.4 Å². The van der Waals surface area contributed by atoms with E-state index in [-0.39, 0.29) is 53.7 Å². The number of ether oxygens (including phenoxy) is 1. The van der Waals surface area contributed by atoms with Gasteiger partial charge in [-0.15, -0.1) is 16.4 Å². The maximum Gasteiger partial charge on any atom is 0.416 e. The zero-order chi connectivity index (χ0) is 38.6. The van der Waals surface area contributed by atoms with Gasteiger partial charge in [-0.25, -0.2) is 9.97 Å². The lowest BCUT2D eigenvalue weighted by atomic mass is 9.75. The van der Waals surface area contributed by atoms with E-state index < -0.39 is 35.1 Å². The fraction of sp³-hybridized carbons (Fsp3) is 0.0811. The van der Waals surface area contributed by atoms with Gasteiger partial charge in [-0.3, -0.25) is 14.9 Å². The second-order valence-electron chi connectivity index (χ2n) is 11.3. The van der Waals surface area contributed by atoms with E-state index in [2.05, 4.69) is 31.2 Å². The molecule has 54 heavy (non-hydrogen) atoms. The second-order valence-corrected chi connectivity index (χ2v) is 14.7. The van der Waals surface area contributed by atoms with Crippen LogP contribution in [0.2, 0.25) is 20.1 Å². The standard InChI is InChI=1S/C37H22BrCl4F3N4O4S/c38-24-9-11-25(12-10-24)53-49(31-3-1-2-16-46-31)33(50)32(21-4-6-22(7-5-21)37(43,44)45)36(23-8-14-27(39)29(41)19-23,34(51)48-35-47-17-18-54-35)52-26-13-15-28(40)30(42)20-26/h1-20,32H,(H,47,48,51). The van der Waals surface area contributed by atoms with E-state index in [1.54, 1.807) is 41.8 Å². The Kier molecular flexibility index (Phi) is 12.1. The number of hydroxylamine groups is 1. The third-order valence-electron chi connectivity index (χ3n) is 7.80. The summed E-state index contributed by atoms with van der Waals surface area (Å²) >= 11 is 30.0. The highest BCUT2D eigenvalue weighted by atomic mass is 79.9. The molecule has 8 nitrogen and oxygen atoms in total. The van der Waals surface area contributed by atoms with Crippen molar-refractivity contribution < 1.29 is 32.3 Å². The maximum atomic E-state index is 15.5. The highest BCUT2D eigenvalue weighted by Gasteiger charge is 2.56. The number of anilines is 2. The SMILES string of the molecule is O=C(C(c1ccc(C(F)(F)F)cc1)C(Oc1ccc(Cl)c(Cl)c1)(C(=O)Nc1nccs1)c1ccc(Cl)c(Cl)c1)N(Oc1ccc(Br)cc1)c1ccccn1. The second kappa shape index (κ2) is 16.6. The van der Waals surface area contributed by atoms with Gasteiger partial charge in [0.2, 0.25) is 5.60 Å². The molecule has 0 saturated carbocycles. The summed E-state index contributed by atoms with van der Waals surface area (Å²) in [5.74, 6) is -3.81. The summed E-state index contributed by atoms with van der Waals surface area (Å²) < 4.78 is 49.2. The number of nitrogens with one attached hydrogen (secondary N) is 1. The van der Waals surface area contributed by atoms with Gasteiger partial charge in [-0.2, -0.15) is 13.2 Å². The molecule has 0 bridgehead atoms. The highest BCUT2D eigenvalue weighted by Crippen LogP contribution is 2.47. The number of pyridine rings is 1. The molecule has 0 fully saturated rings. The first-order valence-corrected chi connectivity index (χ1v) is 18.6. The van der Waals surface area contributed by atoms with Crippen molar-refractivity contribution in [1.82, 2.24) is 9.97 Å².